The standard InChI is InChI=1S/C14H18ClFO2/c1-9-3-5-11(17-7-9)8-18-12-6-4-10(2)14(16)13(12)15/h4,6,9,11H,3,5,7-8H2,1-2H3/t9?,11-/m0/s1. The van der Waals surface area contributed by atoms with Crippen molar-refractivity contribution < 1.29 is 13.9 Å². The van der Waals surface area contributed by atoms with Crippen LogP contribution in [0.1, 0.15) is 25.3 Å². The largest absolute Gasteiger partial charge is 0.489 e. The topological polar surface area (TPSA) is 18.5 Å². The molecule has 2 atom stereocenters. The summed E-state index contributed by atoms with van der Waals surface area (Å²) in [6, 6.07) is 3.37. The van der Waals surface area contributed by atoms with Crippen molar-refractivity contribution in [3.05, 3.63) is 28.5 Å². The van der Waals surface area contributed by atoms with Crippen molar-refractivity contribution in [2.75, 3.05) is 13.2 Å². The van der Waals surface area contributed by atoms with Crippen LogP contribution in [0.25, 0.3) is 0 Å². The molecule has 0 N–H and O–H groups in total. The molecule has 18 heavy (non-hydrogen) atoms. The van der Waals surface area contributed by atoms with Gasteiger partial charge in [-0.05, 0) is 37.3 Å². The van der Waals surface area contributed by atoms with E-state index in [4.69, 9.17) is 21.1 Å². The van der Waals surface area contributed by atoms with Gasteiger partial charge in [-0.1, -0.05) is 24.6 Å². The Morgan fingerprint density at radius 1 is 1.44 bits per heavy atom. The van der Waals surface area contributed by atoms with Crippen molar-refractivity contribution in [2.24, 2.45) is 5.92 Å². The molecule has 1 saturated heterocycles. The van der Waals surface area contributed by atoms with Crippen LogP contribution in [0.2, 0.25) is 5.02 Å². The van der Waals surface area contributed by atoms with E-state index < -0.39 is 5.82 Å². The molecule has 1 aliphatic heterocycles. The highest BCUT2D eigenvalue weighted by Gasteiger charge is 2.20. The fourth-order valence-electron chi connectivity index (χ4n) is 1.99. The summed E-state index contributed by atoms with van der Waals surface area (Å²) in [6.07, 6.45) is 2.21. The van der Waals surface area contributed by atoms with Crippen LogP contribution in [0, 0.1) is 18.7 Å². The molecule has 2 nitrogen and oxygen atoms in total. The van der Waals surface area contributed by atoms with Crippen LogP contribution in [0.5, 0.6) is 5.75 Å². The quantitative estimate of drug-likeness (QED) is 0.829. The van der Waals surface area contributed by atoms with Gasteiger partial charge in [0.15, 0.2) is 0 Å². The van der Waals surface area contributed by atoms with Crippen LogP contribution in [0.3, 0.4) is 0 Å². The lowest BCUT2D eigenvalue weighted by Gasteiger charge is -2.26. The SMILES string of the molecule is Cc1ccc(OC[C@@H]2CCC(C)CO2)c(Cl)c1F. The van der Waals surface area contributed by atoms with E-state index in [1.165, 1.54) is 0 Å². The maximum atomic E-state index is 13.6. The average Bonchev–Trinajstić information content (AvgIpc) is 2.37. The third kappa shape index (κ3) is 3.15. The fraction of sp³-hybridized carbons (Fsp3) is 0.571. The molecule has 0 radical (unpaired) electrons. The number of hydrogen-bond donors (Lipinski definition) is 0. The van der Waals surface area contributed by atoms with Crippen molar-refractivity contribution in [1.82, 2.24) is 0 Å². The number of halogens is 2. The van der Waals surface area contributed by atoms with E-state index >= 15 is 0 Å². The second-order valence-corrected chi connectivity index (χ2v) is 5.34. The lowest BCUT2D eigenvalue weighted by molar-refractivity contribution is -0.0333. The molecule has 1 aromatic carbocycles. The van der Waals surface area contributed by atoms with Crippen LogP contribution < -0.4 is 4.74 Å². The fourth-order valence-corrected chi connectivity index (χ4v) is 2.26. The predicted molar refractivity (Wildman–Crippen MR) is 69.8 cm³/mol. The van der Waals surface area contributed by atoms with Crippen molar-refractivity contribution in [1.29, 1.82) is 0 Å². The lowest BCUT2D eigenvalue weighted by atomic mass is 10.0. The Kier molecular flexibility index (Phi) is 4.46. The molecule has 0 aromatic heterocycles. The number of ether oxygens (including phenoxy) is 2. The van der Waals surface area contributed by atoms with Crippen LogP contribution in [-0.4, -0.2) is 19.3 Å². The molecule has 0 spiro atoms. The Bertz CT molecular complexity index is 415. The second kappa shape index (κ2) is 5.89. The van der Waals surface area contributed by atoms with Gasteiger partial charge in [0.1, 0.15) is 23.2 Å². The zero-order valence-corrected chi connectivity index (χ0v) is 11.5. The molecular formula is C14H18ClFO2. The second-order valence-electron chi connectivity index (χ2n) is 4.96. The van der Waals surface area contributed by atoms with Crippen molar-refractivity contribution in [2.45, 2.75) is 32.8 Å². The van der Waals surface area contributed by atoms with E-state index in [9.17, 15) is 4.39 Å². The minimum absolute atomic E-state index is 0.0548. The molecule has 1 heterocycles. The van der Waals surface area contributed by atoms with E-state index in [1.807, 2.05) is 0 Å². The molecule has 0 saturated carbocycles. The van der Waals surface area contributed by atoms with Crippen molar-refractivity contribution in [3.63, 3.8) is 0 Å². The number of aryl methyl sites for hydroxylation is 1. The van der Waals surface area contributed by atoms with Gasteiger partial charge < -0.3 is 9.47 Å². The van der Waals surface area contributed by atoms with E-state index in [1.54, 1.807) is 19.1 Å². The van der Waals surface area contributed by atoms with E-state index in [0.29, 0.717) is 23.8 Å². The minimum Gasteiger partial charge on any atom is -0.489 e. The molecule has 2 rings (SSSR count). The van der Waals surface area contributed by atoms with Gasteiger partial charge in [0.25, 0.3) is 0 Å². The van der Waals surface area contributed by atoms with Gasteiger partial charge in [0.05, 0.1) is 6.10 Å². The number of rotatable bonds is 3. The maximum Gasteiger partial charge on any atom is 0.148 e. The van der Waals surface area contributed by atoms with Gasteiger partial charge in [-0.2, -0.15) is 0 Å². The summed E-state index contributed by atoms with van der Waals surface area (Å²) in [4.78, 5) is 0. The monoisotopic (exact) mass is 272 g/mol. The summed E-state index contributed by atoms with van der Waals surface area (Å²) < 4.78 is 24.8. The molecular weight excluding hydrogens is 255 g/mol. The highest BCUT2D eigenvalue weighted by molar-refractivity contribution is 6.32. The van der Waals surface area contributed by atoms with Crippen molar-refractivity contribution in [3.8, 4) is 5.75 Å². The van der Waals surface area contributed by atoms with Crippen LogP contribution in [0.15, 0.2) is 12.1 Å². The highest BCUT2D eigenvalue weighted by Crippen LogP contribution is 2.30. The molecule has 0 aliphatic carbocycles. The number of hydrogen-bond acceptors (Lipinski definition) is 2. The summed E-state index contributed by atoms with van der Waals surface area (Å²) in [5.41, 5.74) is 0.523. The van der Waals surface area contributed by atoms with Gasteiger partial charge in [0.2, 0.25) is 0 Å². The Balaban J connectivity index is 1.92. The summed E-state index contributed by atoms with van der Waals surface area (Å²) in [7, 11) is 0. The smallest absolute Gasteiger partial charge is 0.148 e. The molecule has 1 fully saturated rings. The molecule has 4 heteroatoms. The highest BCUT2D eigenvalue weighted by atomic mass is 35.5. The zero-order chi connectivity index (χ0) is 13.1. The third-order valence-electron chi connectivity index (χ3n) is 3.26. The van der Waals surface area contributed by atoms with Gasteiger partial charge in [-0.3, -0.25) is 0 Å². The molecule has 1 aromatic rings. The molecule has 0 bridgehead atoms. The molecule has 1 unspecified atom stereocenters. The summed E-state index contributed by atoms with van der Waals surface area (Å²) in [5, 5.41) is 0.0548. The van der Waals surface area contributed by atoms with Gasteiger partial charge in [0, 0.05) is 6.61 Å². The Morgan fingerprint density at radius 3 is 2.89 bits per heavy atom. The summed E-state index contributed by atoms with van der Waals surface area (Å²) in [6.45, 7) is 5.04. The van der Waals surface area contributed by atoms with E-state index in [-0.39, 0.29) is 11.1 Å². The van der Waals surface area contributed by atoms with Gasteiger partial charge in [-0.25, -0.2) is 4.39 Å². The van der Waals surface area contributed by atoms with Gasteiger partial charge in [-0.15, -0.1) is 0 Å². The first-order chi connectivity index (χ1) is 8.58. The van der Waals surface area contributed by atoms with E-state index in [0.717, 1.165) is 19.4 Å². The first kappa shape index (κ1) is 13.6. The molecule has 0 amide bonds. The zero-order valence-electron chi connectivity index (χ0n) is 10.7. The Hall–Kier alpha value is -0.800. The average molecular weight is 273 g/mol. The van der Waals surface area contributed by atoms with Crippen LogP contribution in [0.4, 0.5) is 4.39 Å². The van der Waals surface area contributed by atoms with E-state index in [2.05, 4.69) is 6.92 Å². The Labute approximate surface area is 112 Å². The first-order valence-corrected chi connectivity index (χ1v) is 6.64. The van der Waals surface area contributed by atoms with Crippen LogP contribution in [-0.2, 0) is 4.74 Å². The summed E-state index contributed by atoms with van der Waals surface area (Å²) in [5.74, 6) is 0.594. The Morgan fingerprint density at radius 2 is 2.22 bits per heavy atom. The number of benzene rings is 1. The van der Waals surface area contributed by atoms with Crippen molar-refractivity contribution >= 4 is 11.6 Å². The predicted octanol–water partition coefficient (Wildman–Crippen LogP) is 3.98. The minimum atomic E-state index is -0.410. The first-order valence-electron chi connectivity index (χ1n) is 6.27. The normalized spacial score (nSPS) is 24.0. The lowest BCUT2D eigenvalue weighted by Crippen LogP contribution is -2.29. The molecule has 1 aliphatic rings. The maximum absolute atomic E-state index is 13.6. The van der Waals surface area contributed by atoms with Crippen LogP contribution >= 0.6 is 11.6 Å². The third-order valence-corrected chi connectivity index (χ3v) is 3.61. The molecule has 100 valence electrons. The summed E-state index contributed by atoms with van der Waals surface area (Å²) >= 11 is 5.90. The van der Waals surface area contributed by atoms with Gasteiger partial charge >= 0.3 is 0 Å².